The third-order valence-electron chi connectivity index (χ3n) is 5.00. The van der Waals surface area contributed by atoms with Crippen molar-refractivity contribution >= 4 is 29.2 Å². The van der Waals surface area contributed by atoms with Crippen LogP contribution in [0.4, 0.5) is 18.0 Å². The van der Waals surface area contributed by atoms with E-state index in [9.17, 15) is 37.8 Å². The van der Waals surface area contributed by atoms with Crippen LogP contribution in [0.1, 0.15) is 63.3 Å². The largest absolute Gasteiger partial charge is 0.435 e. The van der Waals surface area contributed by atoms with Gasteiger partial charge in [0, 0.05) is 47.6 Å². The summed E-state index contributed by atoms with van der Waals surface area (Å²) < 4.78 is 40.3. The minimum Gasteiger partial charge on any atom is -0.393 e. The second-order valence-electron chi connectivity index (χ2n) is 8.60. The average Bonchev–Trinajstić information content (AvgIpc) is 3.34. The lowest BCUT2D eigenvalue weighted by Gasteiger charge is -2.21. The fourth-order valence-electron chi connectivity index (χ4n) is 3.03. The Hall–Kier alpha value is -2.97. The van der Waals surface area contributed by atoms with Gasteiger partial charge in [0.25, 0.3) is 11.8 Å². The van der Waals surface area contributed by atoms with Crippen molar-refractivity contribution in [2.45, 2.75) is 51.9 Å². The normalized spacial score (nSPS) is 13.5. The highest BCUT2D eigenvalue weighted by molar-refractivity contribution is 7.10. The molecule has 10 nitrogen and oxygen atoms in total. The molecule has 0 unspecified atom stereocenters. The number of rotatable bonds is 8. The van der Waals surface area contributed by atoms with E-state index >= 15 is 0 Å². The van der Waals surface area contributed by atoms with Gasteiger partial charge in [-0.2, -0.15) is 18.3 Å². The van der Waals surface area contributed by atoms with Crippen LogP contribution in [0.15, 0.2) is 5.38 Å². The highest BCUT2D eigenvalue weighted by Crippen LogP contribution is 2.35. The first-order valence-electron chi connectivity index (χ1n) is 10.5. The number of carbonyl (C=O) groups is 3. The lowest BCUT2D eigenvalue weighted by Crippen LogP contribution is -2.45. The number of imide groups is 1. The number of carbonyl (C=O) groups excluding carboxylic acids is 3. The van der Waals surface area contributed by atoms with Gasteiger partial charge in [-0.05, 0) is 27.7 Å². The molecule has 2 aromatic rings. The first-order valence-corrected chi connectivity index (χ1v) is 11.4. The number of aromatic nitrogens is 2. The third-order valence-corrected chi connectivity index (χ3v) is 5.98. The summed E-state index contributed by atoms with van der Waals surface area (Å²) >= 11 is 0.880. The topological polar surface area (TPSA) is 148 Å². The summed E-state index contributed by atoms with van der Waals surface area (Å²) in [6.07, 6.45) is -5.11. The zero-order valence-electron chi connectivity index (χ0n) is 19.8. The summed E-state index contributed by atoms with van der Waals surface area (Å²) in [6, 6.07) is -0.999. The molecule has 2 heterocycles. The molecule has 4 amide bonds. The maximum Gasteiger partial charge on any atom is 0.435 e. The molecule has 0 aliphatic carbocycles. The van der Waals surface area contributed by atoms with Crippen molar-refractivity contribution in [2.75, 3.05) is 20.2 Å². The van der Waals surface area contributed by atoms with E-state index in [1.54, 1.807) is 13.8 Å². The lowest BCUT2D eigenvalue weighted by molar-refractivity contribution is -0.141. The van der Waals surface area contributed by atoms with Crippen molar-refractivity contribution in [1.82, 2.24) is 25.7 Å². The number of H-pyrrole nitrogens is 1. The van der Waals surface area contributed by atoms with Crippen LogP contribution in [0.5, 0.6) is 0 Å². The van der Waals surface area contributed by atoms with Crippen molar-refractivity contribution in [2.24, 2.45) is 0 Å². The van der Waals surface area contributed by atoms with Crippen LogP contribution in [0, 0.1) is 6.92 Å². The predicted molar refractivity (Wildman–Crippen MR) is 121 cm³/mol. The van der Waals surface area contributed by atoms with Gasteiger partial charge < -0.3 is 20.8 Å². The quantitative estimate of drug-likeness (QED) is 0.361. The number of amides is 4. The Kier molecular flexibility index (Phi) is 8.68. The maximum atomic E-state index is 13.4. The fraction of sp³-hybridized carbons (Fsp3) is 0.524. The van der Waals surface area contributed by atoms with E-state index in [1.807, 2.05) is 0 Å². The van der Waals surface area contributed by atoms with E-state index in [0.29, 0.717) is 0 Å². The van der Waals surface area contributed by atoms with Gasteiger partial charge in [0.2, 0.25) is 0 Å². The number of nitrogens with zero attached hydrogens (tertiary/aromatic N) is 2. The predicted octanol–water partition coefficient (Wildman–Crippen LogP) is 2.05. The van der Waals surface area contributed by atoms with E-state index < -0.39 is 48.5 Å². The number of aliphatic hydroxyl groups is 2. The Bertz CT molecular complexity index is 1090. The van der Waals surface area contributed by atoms with Crippen molar-refractivity contribution in [3.05, 3.63) is 38.3 Å². The molecule has 0 aliphatic rings. The molecular weight excluding hydrogens is 491 g/mol. The molecule has 1 atom stereocenters. The van der Waals surface area contributed by atoms with Crippen LogP contribution in [0.25, 0.3) is 0 Å². The van der Waals surface area contributed by atoms with Gasteiger partial charge in [-0.3, -0.25) is 19.6 Å². The average molecular weight is 520 g/mol. The Morgan fingerprint density at radius 3 is 2.46 bits per heavy atom. The molecule has 2 aromatic heterocycles. The molecular formula is C21H28F3N5O5S. The van der Waals surface area contributed by atoms with E-state index in [1.165, 1.54) is 26.3 Å². The SMILES string of the molecule is Cc1[nH]nc(C(F)(F)F)c1Cc1scc(C(=O)N(C)C(=O)NC(C)C)c1C(=O)NC[C@](C)(O)CO. The number of hydrogen-bond acceptors (Lipinski definition) is 7. The number of aliphatic hydroxyl groups excluding tert-OH is 1. The smallest absolute Gasteiger partial charge is 0.393 e. The monoisotopic (exact) mass is 519 g/mol. The van der Waals surface area contributed by atoms with E-state index in [2.05, 4.69) is 20.8 Å². The van der Waals surface area contributed by atoms with Crippen LogP contribution in [0.3, 0.4) is 0 Å². The van der Waals surface area contributed by atoms with Gasteiger partial charge in [0.15, 0.2) is 5.69 Å². The zero-order chi connectivity index (χ0) is 26.7. The second-order valence-corrected chi connectivity index (χ2v) is 9.57. The molecule has 194 valence electrons. The maximum absolute atomic E-state index is 13.4. The number of thiophene rings is 1. The van der Waals surface area contributed by atoms with E-state index in [4.69, 9.17) is 0 Å². The Morgan fingerprint density at radius 1 is 1.29 bits per heavy atom. The summed E-state index contributed by atoms with van der Waals surface area (Å²) in [7, 11) is 1.21. The van der Waals surface area contributed by atoms with E-state index in [0.717, 1.165) is 16.2 Å². The Balaban J connectivity index is 2.51. The van der Waals surface area contributed by atoms with Crippen LogP contribution >= 0.6 is 11.3 Å². The molecule has 0 bridgehead atoms. The molecule has 14 heteroatoms. The number of hydrogen-bond donors (Lipinski definition) is 5. The molecule has 0 saturated heterocycles. The van der Waals surface area contributed by atoms with Crippen molar-refractivity contribution < 1.29 is 37.8 Å². The van der Waals surface area contributed by atoms with Crippen LogP contribution in [-0.4, -0.2) is 75.0 Å². The third kappa shape index (κ3) is 6.80. The van der Waals surface area contributed by atoms with Crippen LogP contribution < -0.4 is 10.6 Å². The first-order chi connectivity index (χ1) is 16.1. The summed E-state index contributed by atoms with van der Waals surface area (Å²) in [5, 5.41) is 31.1. The molecule has 0 aromatic carbocycles. The molecule has 0 aliphatic heterocycles. The number of aromatic amines is 1. The van der Waals surface area contributed by atoms with Gasteiger partial charge in [-0.1, -0.05) is 0 Å². The highest BCUT2D eigenvalue weighted by Gasteiger charge is 2.38. The number of halogens is 3. The van der Waals surface area contributed by atoms with Crippen molar-refractivity contribution in [1.29, 1.82) is 0 Å². The molecule has 0 fully saturated rings. The molecule has 0 saturated carbocycles. The molecule has 5 N–H and O–H groups in total. The van der Waals surface area contributed by atoms with Gasteiger partial charge in [-0.25, -0.2) is 4.79 Å². The number of urea groups is 1. The number of alkyl halides is 3. The number of nitrogens with one attached hydrogen (secondary N) is 3. The molecule has 0 radical (unpaired) electrons. The van der Waals surface area contributed by atoms with Crippen molar-refractivity contribution in [3.8, 4) is 0 Å². The molecule has 35 heavy (non-hydrogen) atoms. The lowest BCUT2D eigenvalue weighted by atomic mass is 10.0. The van der Waals surface area contributed by atoms with Crippen LogP contribution in [-0.2, 0) is 12.6 Å². The summed E-state index contributed by atoms with van der Waals surface area (Å²) in [6.45, 7) is 4.98. The standard InChI is InChI=1S/C21H28F3N5O5S/c1-10(2)26-19(33)29(5)18(32)13-7-35-14(15(13)17(31)25-8-20(4,34)9-30)6-12-11(3)27-28-16(12)21(22,23)24/h7,10,30,34H,6,8-9H2,1-5H3,(H,25,31)(H,26,33)(H,27,28)/t20-/m0/s1. The van der Waals surface area contributed by atoms with Gasteiger partial charge >= 0.3 is 12.2 Å². The van der Waals surface area contributed by atoms with Crippen LogP contribution in [0.2, 0.25) is 0 Å². The highest BCUT2D eigenvalue weighted by atomic mass is 32.1. The van der Waals surface area contributed by atoms with Crippen molar-refractivity contribution in [3.63, 3.8) is 0 Å². The minimum absolute atomic E-state index is 0.127. The summed E-state index contributed by atoms with van der Waals surface area (Å²) in [4.78, 5) is 39.3. The minimum atomic E-state index is -4.74. The fourth-order valence-corrected chi connectivity index (χ4v) is 4.06. The molecule has 0 spiro atoms. The second kappa shape index (κ2) is 10.7. The Morgan fingerprint density at radius 2 is 1.91 bits per heavy atom. The van der Waals surface area contributed by atoms with E-state index in [-0.39, 0.29) is 39.7 Å². The first kappa shape index (κ1) is 28.3. The number of aryl methyl sites for hydroxylation is 1. The molecule has 2 rings (SSSR count). The summed E-state index contributed by atoms with van der Waals surface area (Å²) in [5.41, 5.74) is -3.29. The zero-order valence-corrected chi connectivity index (χ0v) is 20.6. The van der Waals surface area contributed by atoms with Gasteiger partial charge in [0.1, 0.15) is 5.60 Å². The van der Waals surface area contributed by atoms with Gasteiger partial charge in [0.05, 0.1) is 17.7 Å². The van der Waals surface area contributed by atoms with Gasteiger partial charge in [-0.15, -0.1) is 11.3 Å². The summed E-state index contributed by atoms with van der Waals surface area (Å²) in [5.74, 6) is -1.70. The Labute approximate surface area is 203 Å².